The lowest BCUT2D eigenvalue weighted by molar-refractivity contribution is -0.123. The molecule has 0 radical (unpaired) electrons. The third-order valence-corrected chi connectivity index (χ3v) is 4.64. The summed E-state index contributed by atoms with van der Waals surface area (Å²) in [7, 11) is 0. The smallest absolute Gasteiger partial charge is 0.277 e. The summed E-state index contributed by atoms with van der Waals surface area (Å²) in [6, 6.07) is 6.85. The average molecular weight is 371 g/mol. The number of ether oxygens (including phenoxy) is 1. The number of rotatable bonds is 5. The maximum atomic E-state index is 12.9. The highest BCUT2D eigenvalue weighted by Gasteiger charge is 2.33. The van der Waals surface area contributed by atoms with E-state index in [1.54, 1.807) is 11.6 Å². The number of hydrogen-bond acceptors (Lipinski definition) is 5. The van der Waals surface area contributed by atoms with Gasteiger partial charge in [-0.15, -0.1) is 5.10 Å². The lowest BCUT2D eigenvalue weighted by Gasteiger charge is -2.33. The number of carbonyl (C=O) groups is 2. The van der Waals surface area contributed by atoms with Crippen molar-refractivity contribution in [3.8, 4) is 11.4 Å². The molecular weight excluding hydrogens is 346 g/mol. The lowest BCUT2D eigenvalue weighted by atomic mass is 10.0. The molecule has 1 aromatic carbocycles. The normalized spacial score (nSPS) is 17.2. The largest absolute Gasteiger partial charge is 0.491 e. The number of amides is 2. The first kappa shape index (κ1) is 18.9. The summed E-state index contributed by atoms with van der Waals surface area (Å²) < 4.78 is 7.25. The van der Waals surface area contributed by atoms with Gasteiger partial charge in [0.15, 0.2) is 5.69 Å². The fourth-order valence-electron chi connectivity index (χ4n) is 3.32. The molecular formula is C19H25N5O3. The summed E-state index contributed by atoms with van der Waals surface area (Å²) in [5.41, 5.74) is 7.11. The molecule has 0 spiro atoms. The van der Waals surface area contributed by atoms with Crippen LogP contribution in [0.1, 0.15) is 49.3 Å². The molecule has 1 fully saturated rings. The van der Waals surface area contributed by atoms with Gasteiger partial charge in [-0.05, 0) is 64.3 Å². The molecule has 1 atom stereocenters. The SMILES string of the molecule is Cc1c(C(=O)N2CCCCC2C(N)=O)nnn1-c1ccc(OC(C)C)cc1. The summed E-state index contributed by atoms with van der Waals surface area (Å²) >= 11 is 0. The summed E-state index contributed by atoms with van der Waals surface area (Å²) in [4.78, 5) is 26.2. The first-order valence-corrected chi connectivity index (χ1v) is 9.18. The highest BCUT2D eigenvalue weighted by molar-refractivity contribution is 5.96. The van der Waals surface area contributed by atoms with Crippen molar-refractivity contribution in [1.82, 2.24) is 19.9 Å². The van der Waals surface area contributed by atoms with E-state index in [0.717, 1.165) is 24.3 Å². The first-order valence-electron chi connectivity index (χ1n) is 9.18. The maximum absolute atomic E-state index is 12.9. The van der Waals surface area contributed by atoms with E-state index >= 15 is 0 Å². The summed E-state index contributed by atoms with van der Waals surface area (Å²) in [6.07, 6.45) is 2.41. The Balaban J connectivity index is 1.84. The van der Waals surface area contributed by atoms with Crippen molar-refractivity contribution in [3.05, 3.63) is 35.7 Å². The van der Waals surface area contributed by atoms with Crippen LogP contribution in [0.3, 0.4) is 0 Å². The zero-order valence-electron chi connectivity index (χ0n) is 15.9. The summed E-state index contributed by atoms with van der Waals surface area (Å²) in [5, 5.41) is 8.19. The summed E-state index contributed by atoms with van der Waals surface area (Å²) in [5.74, 6) is -0.0173. The van der Waals surface area contributed by atoms with Crippen LogP contribution >= 0.6 is 0 Å². The number of nitrogens with zero attached hydrogens (tertiary/aromatic N) is 4. The molecule has 1 aromatic heterocycles. The molecule has 0 bridgehead atoms. The van der Waals surface area contributed by atoms with E-state index in [1.807, 2.05) is 38.1 Å². The molecule has 2 aromatic rings. The number of likely N-dealkylation sites (tertiary alicyclic amines) is 1. The van der Waals surface area contributed by atoms with E-state index in [0.29, 0.717) is 18.7 Å². The molecule has 27 heavy (non-hydrogen) atoms. The number of nitrogens with two attached hydrogens (primary N) is 1. The number of aromatic nitrogens is 3. The van der Waals surface area contributed by atoms with E-state index in [1.165, 1.54) is 4.90 Å². The number of benzene rings is 1. The standard InChI is InChI=1S/C19H25N5O3/c1-12(2)27-15-9-7-14(8-10-15)24-13(3)17(21-22-24)19(26)23-11-5-4-6-16(23)18(20)25/h7-10,12,16H,4-6,11H2,1-3H3,(H2,20,25). The van der Waals surface area contributed by atoms with Crippen molar-refractivity contribution in [3.63, 3.8) is 0 Å². The van der Waals surface area contributed by atoms with E-state index in [9.17, 15) is 9.59 Å². The zero-order valence-corrected chi connectivity index (χ0v) is 15.9. The monoisotopic (exact) mass is 371 g/mol. The van der Waals surface area contributed by atoms with Crippen molar-refractivity contribution in [1.29, 1.82) is 0 Å². The third-order valence-electron chi connectivity index (χ3n) is 4.64. The van der Waals surface area contributed by atoms with Gasteiger partial charge < -0.3 is 15.4 Å². The first-order chi connectivity index (χ1) is 12.9. The van der Waals surface area contributed by atoms with E-state index < -0.39 is 11.9 Å². The average Bonchev–Trinajstić information content (AvgIpc) is 3.02. The molecule has 0 aliphatic carbocycles. The number of carbonyl (C=O) groups excluding carboxylic acids is 2. The Morgan fingerprint density at radius 2 is 1.93 bits per heavy atom. The van der Waals surface area contributed by atoms with Crippen LogP contribution in [0, 0.1) is 6.92 Å². The van der Waals surface area contributed by atoms with Crippen LogP contribution < -0.4 is 10.5 Å². The van der Waals surface area contributed by atoms with Gasteiger partial charge >= 0.3 is 0 Å². The Morgan fingerprint density at radius 1 is 1.22 bits per heavy atom. The van der Waals surface area contributed by atoms with Crippen molar-refractivity contribution < 1.29 is 14.3 Å². The second-order valence-corrected chi connectivity index (χ2v) is 7.01. The quantitative estimate of drug-likeness (QED) is 0.864. The van der Waals surface area contributed by atoms with Crippen LogP contribution in [-0.2, 0) is 4.79 Å². The molecule has 1 unspecified atom stereocenters. The minimum absolute atomic E-state index is 0.0934. The fourth-order valence-corrected chi connectivity index (χ4v) is 3.32. The summed E-state index contributed by atoms with van der Waals surface area (Å²) in [6.45, 7) is 6.22. The molecule has 1 aliphatic heterocycles. The van der Waals surface area contributed by atoms with Gasteiger partial charge in [0, 0.05) is 6.54 Å². The van der Waals surface area contributed by atoms with Gasteiger partial charge in [-0.2, -0.15) is 0 Å². The fraction of sp³-hybridized carbons (Fsp3) is 0.474. The van der Waals surface area contributed by atoms with Gasteiger partial charge in [-0.1, -0.05) is 5.21 Å². The molecule has 8 heteroatoms. The minimum Gasteiger partial charge on any atom is -0.491 e. The van der Waals surface area contributed by atoms with Crippen LogP contribution in [0.4, 0.5) is 0 Å². The Bertz CT molecular complexity index is 828. The van der Waals surface area contributed by atoms with Gasteiger partial charge in [-0.3, -0.25) is 9.59 Å². The molecule has 2 heterocycles. The van der Waals surface area contributed by atoms with Crippen LogP contribution in [0.5, 0.6) is 5.75 Å². The maximum Gasteiger partial charge on any atom is 0.277 e. The number of hydrogen-bond donors (Lipinski definition) is 1. The highest BCUT2D eigenvalue weighted by Crippen LogP contribution is 2.22. The van der Waals surface area contributed by atoms with Crippen molar-refractivity contribution >= 4 is 11.8 Å². The van der Waals surface area contributed by atoms with Gasteiger partial charge in [0.1, 0.15) is 11.8 Å². The zero-order chi connectivity index (χ0) is 19.6. The predicted octanol–water partition coefficient (Wildman–Crippen LogP) is 1.84. The van der Waals surface area contributed by atoms with Crippen molar-refractivity contribution in [2.75, 3.05) is 6.54 Å². The van der Waals surface area contributed by atoms with Gasteiger partial charge in [0.2, 0.25) is 5.91 Å². The topological polar surface area (TPSA) is 103 Å². The third kappa shape index (κ3) is 3.94. The molecule has 8 nitrogen and oxygen atoms in total. The molecule has 1 saturated heterocycles. The predicted molar refractivity (Wildman–Crippen MR) is 99.7 cm³/mol. The van der Waals surface area contributed by atoms with E-state index in [2.05, 4.69) is 10.3 Å². The molecule has 144 valence electrons. The molecule has 2 N–H and O–H groups in total. The Hall–Kier alpha value is -2.90. The van der Waals surface area contributed by atoms with Gasteiger partial charge in [0.05, 0.1) is 17.5 Å². The number of primary amides is 1. The van der Waals surface area contributed by atoms with Gasteiger partial charge in [-0.25, -0.2) is 4.68 Å². The Morgan fingerprint density at radius 3 is 2.56 bits per heavy atom. The Labute approximate surface area is 158 Å². The molecule has 1 aliphatic rings. The van der Waals surface area contributed by atoms with Crippen LogP contribution in [-0.4, -0.2) is 50.4 Å². The van der Waals surface area contributed by atoms with Crippen LogP contribution in [0.25, 0.3) is 5.69 Å². The minimum atomic E-state index is -0.580. The molecule has 3 rings (SSSR count). The second-order valence-electron chi connectivity index (χ2n) is 7.01. The lowest BCUT2D eigenvalue weighted by Crippen LogP contribution is -2.50. The van der Waals surface area contributed by atoms with E-state index in [4.69, 9.17) is 10.5 Å². The Kier molecular flexibility index (Phi) is 5.43. The van der Waals surface area contributed by atoms with Crippen molar-refractivity contribution in [2.24, 2.45) is 5.73 Å². The number of piperidine rings is 1. The van der Waals surface area contributed by atoms with E-state index in [-0.39, 0.29) is 17.7 Å². The van der Waals surface area contributed by atoms with Crippen molar-refractivity contribution in [2.45, 2.75) is 52.2 Å². The molecule has 0 saturated carbocycles. The molecule has 2 amide bonds. The van der Waals surface area contributed by atoms with Crippen LogP contribution in [0.15, 0.2) is 24.3 Å². The highest BCUT2D eigenvalue weighted by atomic mass is 16.5. The second kappa shape index (κ2) is 7.77. The van der Waals surface area contributed by atoms with Crippen LogP contribution in [0.2, 0.25) is 0 Å². The van der Waals surface area contributed by atoms with Gasteiger partial charge in [0.25, 0.3) is 5.91 Å².